The topological polar surface area (TPSA) is 38.3 Å². The predicted molar refractivity (Wildman–Crippen MR) is 73.4 cm³/mol. The summed E-state index contributed by atoms with van der Waals surface area (Å²) in [6, 6.07) is 8.42. The molecule has 1 aromatic carbocycles. The average molecular weight is 249 g/mol. The molecule has 0 amide bonds. The minimum atomic E-state index is -0.156. The predicted octanol–water partition coefficient (Wildman–Crippen LogP) is 2.71. The highest BCUT2D eigenvalue weighted by atomic mass is 16.5. The molecule has 0 bridgehead atoms. The van der Waals surface area contributed by atoms with E-state index in [1.165, 1.54) is 12.7 Å². The molecule has 0 aliphatic heterocycles. The van der Waals surface area contributed by atoms with Crippen LogP contribution in [0.15, 0.2) is 24.3 Å². The van der Waals surface area contributed by atoms with Gasteiger partial charge in [-0.05, 0) is 31.0 Å². The quantitative estimate of drug-likeness (QED) is 0.788. The van der Waals surface area contributed by atoms with E-state index in [9.17, 15) is 4.79 Å². The van der Waals surface area contributed by atoms with Crippen LogP contribution in [0.25, 0.3) is 0 Å². The fraction of sp³-hybridized carbons (Fsp3) is 0.533. The van der Waals surface area contributed by atoms with Crippen LogP contribution < -0.4 is 5.32 Å². The van der Waals surface area contributed by atoms with Crippen molar-refractivity contribution in [3.63, 3.8) is 0 Å². The van der Waals surface area contributed by atoms with Crippen molar-refractivity contribution in [3.05, 3.63) is 35.4 Å². The van der Waals surface area contributed by atoms with Crippen molar-refractivity contribution in [1.82, 2.24) is 5.32 Å². The van der Waals surface area contributed by atoms with Gasteiger partial charge in [0.1, 0.15) is 0 Å². The third kappa shape index (κ3) is 3.33. The molecule has 0 saturated heterocycles. The van der Waals surface area contributed by atoms with Crippen LogP contribution in [0.5, 0.6) is 0 Å². The van der Waals surface area contributed by atoms with Crippen molar-refractivity contribution in [1.29, 1.82) is 0 Å². The zero-order valence-corrected chi connectivity index (χ0v) is 11.7. The van der Waals surface area contributed by atoms with Crippen LogP contribution in [0.1, 0.15) is 37.4 Å². The van der Waals surface area contributed by atoms with Crippen LogP contribution in [0.3, 0.4) is 0 Å². The molecule has 0 saturated carbocycles. The maximum atomic E-state index is 11.8. The zero-order valence-electron chi connectivity index (χ0n) is 11.7. The summed E-state index contributed by atoms with van der Waals surface area (Å²) in [6.45, 7) is 4.14. The highest BCUT2D eigenvalue weighted by molar-refractivity contribution is 5.73. The first-order chi connectivity index (χ1) is 8.67. The van der Waals surface area contributed by atoms with E-state index in [-0.39, 0.29) is 17.9 Å². The number of hydrogen-bond acceptors (Lipinski definition) is 3. The van der Waals surface area contributed by atoms with Crippen molar-refractivity contribution >= 4 is 5.97 Å². The second kappa shape index (κ2) is 7.17. The number of rotatable bonds is 6. The number of carbonyl (C=O) groups is 1. The van der Waals surface area contributed by atoms with Gasteiger partial charge in [0.2, 0.25) is 0 Å². The Kier molecular flexibility index (Phi) is 5.86. The van der Waals surface area contributed by atoms with Crippen molar-refractivity contribution in [3.8, 4) is 0 Å². The Bertz CT molecular complexity index is 373. The SMILES string of the molecule is CCc1ccc(C(NC)C(CC)C(=O)OC)cc1. The molecule has 1 N–H and O–H groups in total. The maximum Gasteiger partial charge on any atom is 0.310 e. The van der Waals surface area contributed by atoms with E-state index in [0.29, 0.717) is 0 Å². The Labute approximate surface area is 110 Å². The molecule has 0 spiro atoms. The van der Waals surface area contributed by atoms with Gasteiger partial charge in [0.25, 0.3) is 0 Å². The molecular formula is C15H23NO2. The molecule has 1 rings (SSSR count). The average Bonchev–Trinajstić information content (AvgIpc) is 2.44. The number of ether oxygens (including phenoxy) is 1. The second-order valence-corrected chi connectivity index (χ2v) is 4.40. The van der Waals surface area contributed by atoms with Gasteiger partial charge in [-0.1, -0.05) is 38.1 Å². The summed E-state index contributed by atoms with van der Waals surface area (Å²) in [7, 11) is 3.32. The summed E-state index contributed by atoms with van der Waals surface area (Å²) in [5, 5.41) is 3.22. The molecule has 0 aromatic heterocycles. The number of benzene rings is 1. The van der Waals surface area contributed by atoms with Gasteiger partial charge in [-0.2, -0.15) is 0 Å². The first kappa shape index (κ1) is 14.7. The molecule has 0 aliphatic rings. The molecule has 1 aromatic rings. The molecule has 0 fully saturated rings. The lowest BCUT2D eigenvalue weighted by molar-refractivity contribution is -0.146. The van der Waals surface area contributed by atoms with Gasteiger partial charge in [-0.15, -0.1) is 0 Å². The van der Waals surface area contributed by atoms with Crippen molar-refractivity contribution in [2.24, 2.45) is 5.92 Å². The molecule has 3 nitrogen and oxygen atoms in total. The highest BCUT2D eigenvalue weighted by Gasteiger charge is 2.27. The molecule has 0 radical (unpaired) electrons. The highest BCUT2D eigenvalue weighted by Crippen LogP contribution is 2.25. The summed E-state index contributed by atoms with van der Waals surface area (Å²) in [5.41, 5.74) is 2.44. The van der Waals surface area contributed by atoms with Crippen LogP contribution in [0, 0.1) is 5.92 Å². The van der Waals surface area contributed by atoms with Crippen molar-refractivity contribution in [2.75, 3.05) is 14.2 Å². The van der Waals surface area contributed by atoms with E-state index < -0.39 is 0 Å². The second-order valence-electron chi connectivity index (χ2n) is 4.40. The first-order valence-electron chi connectivity index (χ1n) is 6.51. The Hall–Kier alpha value is -1.35. The van der Waals surface area contributed by atoms with E-state index in [0.717, 1.165) is 18.4 Å². The van der Waals surface area contributed by atoms with E-state index in [1.54, 1.807) is 0 Å². The van der Waals surface area contributed by atoms with Crippen LogP contribution in [0.4, 0.5) is 0 Å². The number of methoxy groups -OCH3 is 1. The van der Waals surface area contributed by atoms with Crippen molar-refractivity contribution in [2.45, 2.75) is 32.7 Å². The molecular weight excluding hydrogens is 226 g/mol. The fourth-order valence-corrected chi connectivity index (χ4v) is 2.25. The van der Waals surface area contributed by atoms with E-state index in [2.05, 4.69) is 36.5 Å². The summed E-state index contributed by atoms with van der Waals surface area (Å²) < 4.78 is 4.87. The maximum absolute atomic E-state index is 11.8. The molecule has 3 heteroatoms. The van der Waals surface area contributed by atoms with Crippen molar-refractivity contribution < 1.29 is 9.53 Å². The molecule has 100 valence electrons. The van der Waals surface area contributed by atoms with E-state index in [4.69, 9.17) is 4.74 Å². The first-order valence-corrected chi connectivity index (χ1v) is 6.51. The molecule has 0 aliphatic carbocycles. The smallest absolute Gasteiger partial charge is 0.310 e. The number of aryl methyl sites for hydroxylation is 1. The minimum absolute atomic E-state index is 0.00774. The van der Waals surface area contributed by atoms with E-state index in [1.807, 2.05) is 14.0 Å². The van der Waals surface area contributed by atoms with Crippen LogP contribution >= 0.6 is 0 Å². The van der Waals surface area contributed by atoms with Crippen LogP contribution in [0.2, 0.25) is 0 Å². The zero-order chi connectivity index (χ0) is 13.5. The Morgan fingerprint density at radius 1 is 1.28 bits per heavy atom. The Morgan fingerprint density at radius 3 is 2.28 bits per heavy atom. The fourth-order valence-electron chi connectivity index (χ4n) is 2.25. The summed E-state index contributed by atoms with van der Waals surface area (Å²) in [6.07, 6.45) is 1.78. The number of hydrogen-bond donors (Lipinski definition) is 1. The number of esters is 1. The lowest BCUT2D eigenvalue weighted by atomic mass is 9.90. The van der Waals surface area contributed by atoms with Gasteiger partial charge in [0.05, 0.1) is 13.0 Å². The molecule has 18 heavy (non-hydrogen) atoms. The normalized spacial score (nSPS) is 14.0. The number of carbonyl (C=O) groups excluding carboxylic acids is 1. The minimum Gasteiger partial charge on any atom is -0.469 e. The van der Waals surface area contributed by atoms with Gasteiger partial charge in [0.15, 0.2) is 0 Å². The standard InChI is InChI=1S/C15H23NO2/c1-5-11-7-9-12(10-8-11)14(16-3)13(6-2)15(17)18-4/h7-10,13-14,16H,5-6H2,1-4H3. The van der Waals surface area contributed by atoms with Gasteiger partial charge in [-0.3, -0.25) is 4.79 Å². The monoisotopic (exact) mass is 249 g/mol. The van der Waals surface area contributed by atoms with Crippen LogP contribution in [-0.4, -0.2) is 20.1 Å². The lowest BCUT2D eigenvalue weighted by Gasteiger charge is -2.24. The van der Waals surface area contributed by atoms with Gasteiger partial charge in [0, 0.05) is 6.04 Å². The van der Waals surface area contributed by atoms with E-state index >= 15 is 0 Å². The summed E-state index contributed by atoms with van der Waals surface area (Å²) in [5.74, 6) is -0.302. The molecule has 0 heterocycles. The third-order valence-electron chi connectivity index (χ3n) is 3.40. The molecule has 2 unspecified atom stereocenters. The Morgan fingerprint density at radius 2 is 1.89 bits per heavy atom. The Balaban J connectivity index is 2.95. The third-order valence-corrected chi connectivity index (χ3v) is 3.40. The summed E-state index contributed by atoms with van der Waals surface area (Å²) >= 11 is 0. The number of nitrogens with one attached hydrogen (secondary N) is 1. The summed E-state index contributed by atoms with van der Waals surface area (Å²) in [4.78, 5) is 11.8. The lowest BCUT2D eigenvalue weighted by Crippen LogP contribution is -2.31. The largest absolute Gasteiger partial charge is 0.469 e. The van der Waals surface area contributed by atoms with Crippen LogP contribution in [-0.2, 0) is 16.0 Å². The van der Waals surface area contributed by atoms with Gasteiger partial charge in [-0.25, -0.2) is 0 Å². The van der Waals surface area contributed by atoms with Gasteiger partial charge < -0.3 is 10.1 Å². The van der Waals surface area contributed by atoms with Gasteiger partial charge >= 0.3 is 5.97 Å². The molecule has 2 atom stereocenters.